The normalized spacial score (nSPS) is 24.5. The van der Waals surface area contributed by atoms with E-state index >= 15 is 0 Å². The Balaban J connectivity index is 1.88. The van der Waals surface area contributed by atoms with Gasteiger partial charge in [-0.15, -0.1) is 0 Å². The summed E-state index contributed by atoms with van der Waals surface area (Å²) in [7, 11) is 2.07. The van der Waals surface area contributed by atoms with Crippen molar-refractivity contribution in [1.82, 2.24) is 14.7 Å². The zero-order chi connectivity index (χ0) is 16.3. The number of rotatable bonds is 3. The highest BCUT2D eigenvalue weighted by Crippen LogP contribution is 2.21. The number of nitrogens with zero attached hydrogens (tertiary/aromatic N) is 3. The van der Waals surface area contributed by atoms with Crippen LogP contribution in [0.2, 0.25) is 0 Å². The molecule has 2 fully saturated rings. The number of carbonyl (C=O) groups is 2. The quantitative estimate of drug-likeness (QED) is 0.713. The Hall–Kier alpha value is -1.14. The van der Waals surface area contributed by atoms with Gasteiger partial charge in [0.15, 0.2) is 0 Å². The first kappa shape index (κ1) is 17.2. The molecule has 6 heteroatoms. The fraction of sp³-hybridized carbons (Fsp3) is 0.875. The zero-order valence-corrected chi connectivity index (χ0v) is 14.3. The summed E-state index contributed by atoms with van der Waals surface area (Å²) >= 11 is 0. The highest BCUT2D eigenvalue weighted by atomic mass is 16.6. The standard InChI is InChI=1S/C16H29N3O3/c1-16(2,3)22-15(21)13-6-5-7-19(13)12-14(20)18-10-8-17(4)9-11-18/h13H,5-12H2,1-4H3/t13-/m1/s1. The van der Waals surface area contributed by atoms with Crippen molar-refractivity contribution < 1.29 is 14.3 Å². The molecule has 0 radical (unpaired) electrons. The highest BCUT2D eigenvalue weighted by molar-refractivity contribution is 5.81. The molecule has 0 unspecified atom stereocenters. The summed E-state index contributed by atoms with van der Waals surface area (Å²) in [6, 6.07) is -0.268. The van der Waals surface area contributed by atoms with Gasteiger partial charge in [0.2, 0.25) is 5.91 Å². The maximum absolute atomic E-state index is 12.4. The maximum Gasteiger partial charge on any atom is 0.323 e. The van der Waals surface area contributed by atoms with Gasteiger partial charge in [0.1, 0.15) is 11.6 Å². The van der Waals surface area contributed by atoms with Crippen molar-refractivity contribution in [1.29, 1.82) is 0 Å². The van der Waals surface area contributed by atoms with Crippen molar-refractivity contribution in [2.45, 2.75) is 45.3 Å². The maximum atomic E-state index is 12.4. The van der Waals surface area contributed by atoms with E-state index < -0.39 is 5.60 Å². The Kier molecular flexibility index (Phi) is 5.45. The number of hydrogen-bond donors (Lipinski definition) is 0. The van der Waals surface area contributed by atoms with Gasteiger partial charge in [-0.1, -0.05) is 0 Å². The molecule has 0 spiro atoms. The lowest BCUT2D eigenvalue weighted by Crippen LogP contribution is -2.51. The Morgan fingerprint density at radius 3 is 2.32 bits per heavy atom. The van der Waals surface area contributed by atoms with Gasteiger partial charge in [-0.25, -0.2) is 0 Å². The van der Waals surface area contributed by atoms with Gasteiger partial charge in [-0.3, -0.25) is 14.5 Å². The second-order valence-corrected chi connectivity index (χ2v) is 7.35. The summed E-state index contributed by atoms with van der Waals surface area (Å²) in [6.07, 6.45) is 1.73. The molecule has 126 valence electrons. The molecule has 2 aliphatic heterocycles. The van der Waals surface area contributed by atoms with Gasteiger partial charge in [-0.2, -0.15) is 0 Å². The Bertz CT molecular complexity index is 411. The van der Waals surface area contributed by atoms with Crippen LogP contribution in [0, 0.1) is 0 Å². The second-order valence-electron chi connectivity index (χ2n) is 7.35. The lowest BCUT2D eigenvalue weighted by atomic mass is 10.1. The molecule has 2 saturated heterocycles. The van der Waals surface area contributed by atoms with Crippen LogP contribution >= 0.6 is 0 Å². The Morgan fingerprint density at radius 2 is 1.73 bits per heavy atom. The van der Waals surface area contributed by atoms with Crippen LogP contribution < -0.4 is 0 Å². The van der Waals surface area contributed by atoms with E-state index in [-0.39, 0.29) is 17.9 Å². The van der Waals surface area contributed by atoms with Gasteiger partial charge < -0.3 is 14.5 Å². The lowest BCUT2D eigenvalue weighted by molar-refractivity contribution is -0.160. The summed E-state index contributed by atoms with van der Waals surface area (Å²) in [5.41, 5.74) is -0.479. The SMILES string of the molecule is CN1CCN(C(=O)CN2CCC[C@@H]2C(=O)OC(C)(C)C)CC1. The number of likely N-dealkylation sites (tertiary alicyclic amines) is 1. The molecule has 22 heavy (non-hydrogen) atoms. The Labute approximate surface area is 133 Å². The minimum Gasteiger partial charge on any atom is -0.459 e. The summed E-state index contributed by atoms with van der Waals surface area (Å²) in [5.74, 6) is -0.0697. The summed E-state index contributed by atoms with van der Waals surface area (Å²) in [4.78, 5) is 30.8. The van der Waals surface area contributed by atoms with Gasteiger partial charge in [0.25, 0.3) is 0 Å². The predicted molar refractivity (Wildman–Crippen MR) is 84.5 cm³/mol. The third-order valence-electron chi connectivity index (χ3n) is 4.24. The van der Waals surface area contributed by atoms with Crippen LogP contribution in [0.3, 0.4) is 0 Å². The molecular formula is C16H29N3O3. The van der Waals surface area contributed by atoms with Crippen LogP contribution in [0.25, 0.3) is 0 Å². The molecule has 0 aromatic rings. The van der Waals surface area contributed by atoms with Crippen molar-refractivity contribution in [3.63, 3.8) is 0 Å². The third-order valence-corrected chi connectivity index (χ3v) is 4.24. The first-order valence-electron chi connectivity index (χ1n) is 8.19. The van der Waals surface area contributed by atoms with E-state index in [9.17, 15) is 9.59 Å². The highest BCUT2D eigenvalue weighted by Gasteiger charge is 2.35. The van der Waals surface area contributed by atoms with Gasteiger partial charge in [0, 0.05) is 26.2 Å². The van der Waals surface area contributed by atoms with Crippen LogP contribution in [0.4, 0.5) is 0 Å². The topological polar surface area (TPSA) is 53.1 Å². The Morgan fingerprint density at radius 1 is 1.09 bits per heavy atom. The van der Waals surface area contributed by atoms with Gasteiger partial charge in [-0.05, 0) is 47.2 Å². The minimum absolute atomic E-state index is 0.128. The van der Waals surface area contributed by atoms with Crippen LogP contribution in [0.5, 0.6) is 0 Å². The largest absolute Gasteiger partial charge is 0.459 e. The molecule has 0 saturated carbocycles. The van der Waals surface area contributed by atoms with Gasteiger partial charge in [0.05, 0.1) is 6.54 Å². The molecule has 2 heterocycles. The van der Waals surface area contributed by atoms with E-state index in [4.69, 9.17) is 4.74 Å². The van der Waals surface area contributed by atoms with Crippen LogP contribution in [-0.4, -0.2) is 84.5 Å². The molecular weight excluding hydrogens is 282 g/mol. The number of carbonyl (C=O) groups excluding carboxylic acids is 2. The van der Waals surface area contributed by atoms with E-state index in [0.29, 0.717) is 6.54 Å². The molecule has 0 aliphatic carbocycles. The molecule has 0 bridgehead atoms. The van der Waals surface area contributed by atoms with E-state index in [1.807, 2.05) is 30.6 Å². The predicted octanol–water partition coefficient (Wildman–Crippen LogP) is 0.567. The first-order valence-corrected chi connectivity index (χ1v) is 8.19. The molecule has 0 aromatic carbocycles. The van der Waals surface area contributed by atoms with E-state index in [1.165, 1.54) is 0 Å². The number of likely N-dealkylation sites (N-methyl/N-ethyl adjacent to an activating group) is 1. The smallest absolute Gasteiger partial charge is 0.323 e. The molecule has 2 rings (SSSR count). The molecule has 0 N–H and O–H groups in total. The first-order chi connectivity index (χ1) is 10.3. The minimum atomic E-state index is -0.479. The number of hydrogen-bond acceptors (Lipinski definition) is 5. The molecule has 2 aliphatic rings. The van der Waals surface area contributed by atoms with E-state index in [2.05, 4.69) is 11.9 Å². The molecule has 6 nitrogen and oxygen atoms in total. The average molecular weight is 311 g/mol. The summed E-state index contributed by atoms with van der Waals surface area (Å²) < 4.78 is 5.48. The molecule has 0 aromatic heterocycles. The fourth-order valence-electron chi connectivity index (χ4n) is 2.98. The van der Waals surface area contributed by atoms with Crippen LogP contribution in [-0.2, 0) is 14.3 Å². The van der Waals surface area contributed by atoms with Crippen LogP contribution in [0.1, 0.15) is 33.6 Å². The fourth-order valence-corrected chi connectivity index (χ4v) is 2.98. The van der Waals surface area contributed by atoms with Crippen molar-refractivity contribution in [3.8, 4) is 0 Å². The summed E-state index contributed by atoms with van der Waals surface area (Å²) in [6.45, 7) is 10.1. The zero-order valence-electron chi connectivity index (χ0n) is 14.3. The van der Waals surface area contributed by atoms with E-state index in [1.54, 1.807) is 0 Å². The van der Waals surface area contributed by atoms with Crippen LogP contribution in [0.15, 0.2) is 0 Å². The third kappa shape index (κ3) is 4.68. The second kappa shape index (κ2) is 6.96. The number of piperazine rings is 1. The van der Waals surface area contributed by atoms with Crippen molar-refractivity contribution >= 4 is 11.9 Å². The number of esters is 1. The molecule has 1 amide bonds. The van der Waals surface area contributed by atoms with Crippen molar-refractivity contribution in [3.05, 3.63) is 0 Å². The van der Waals surface area contributed by atoms with E-state index in [0.717, 1.165) is 45.6 Å². The lowest BCUT2D eigenvalue weighted by Gasteiger charge is -2.34. The van der Waals surface area contributed by atoms with Gasteiger partial charge >= 0.3 is 5.97 Å². The molecule has 1 atom stereocenters. The van der Waals surface area contributed by atoms with Crippen molar-refractivity contribution in [2.75, 3.05) is 46.3 Å². The average Bonchev–Trinajstić information content (AvgIpc) is 2.85. The number of ether oxygens (including phenoxy) is 1. The summed E-state index contributed by atoms with van der Waals surface area (Å²) in [5, 5.41) is 0. The monoisotopic (exact) mass is 311 g/mol. The number of amides is 1. The van der Waals surface area contributed by atoms with Crippen molar-refractivity contribution in [2.24, 2.45) is 0 Å².